The van der Waals surface area contributed by atoms with Gasteiger partial charge in [0.25, 0.3) is 11.2 Å². The van der Waals surface area contributed by atoms with Crippen molar-refractivity contribution in [3.05, 3.63) is 125 Å². The molecule has 1 fully saturated rings. The molecule has 0 N–H and O–H groups in total. The van der Waals surface area contributed by atoms with Gasteiger partial charge in [0.1, 0.15) is 0 Å². The zero-order valence-electron chi connectivity index (χ0n) is 25.8. The minimum atomic E-state index is -0.795. The number of nitrogens with zero attached hydrogens (tertiary/aromatic N) is 4. The lowest BCUT2D eigenvalue weighted by Crippen LogP contribution is -2.40. The number of ether oxygens (including phenoxy) is 1. The van der Waals surface area contributed by atoms with Crippen molar-refractivity contribution in [1.29, 1.82) is 0 Å². The molecular weight excluding hydrogens is 621 g/mol. The summed E-state index contributed by atoms with van der Waals surface area (Å²) in [5, 5.41) is 11.8. The quantitative estimate of drug-likeness (QED) is 0.102. The van der Waals surface area contributed by atoms with E-state index < -0.39 is 16.9 Å². The van der Waals surface area contributed by atoms with Gasteiger partial charge in [0.05, 0.1) is 33.4 Å². The molecule has 46 heavy (non-hydrogen) atoms. The number of aromatic nitrogens is 1. The third kappa shape index (κ3) is 6.17. The van der Waals surface area contributed by atoms with Gasteiger partial charge in [-0.25, -0.2) is 9.79 Å². The third-order valence-electron chi connectivity index (χ3n) is 8.44. The summed E-state index contributed by atoms with van der Waals surface area (Å²) in [4.78, 5) is 48.1. The Labute approximate surface area is 274 Å². The fourth-order valence-electron chi connectivity index (χ4n) is 5.99. The Balaban J connectivity index is 1.60. The van der Waals surface area contributed by atoms with Crippen LogP contribution in [0.4, 0.5) is 11.4 Å². The van der Waals surface area contributed by atoms with Gasteiger partial charge in [-0.05, 0) is 61.8 Å². The Bertz CT molecular complexity index is 1990. The Morgan fingerprint density at radius 2 is 1.83 bits per heavy atom. The van der Waals surface area contributed by atoms with E-state index in [9.17, 15) is 19.7 Å². The molecule has 2 aliphatic rings. The summed E-state index contributed by atoms with van der Waals surface area (Å²) < 4.78 is 7.49. The number of carbonyl (C=O) groups is 1. The molecule has 3 heterocycles. The van der Waals surface area contributed by atoms with Crippen LogP contribution >= 0.6 is 23.1 Å². The van der Waals surface area contributed by atoms with Crippen LogP contribution in [-0.2, 0) is 9.53 Å². The molecule has 0 saturated carbocycles. The van der Waals surface area contributed by atoms with Gasteiger partial charge in [-0.15, -0.1) is 11.8 Å². The van der Waals surface area contributed by atoms with E-state index in [1.807, 2.05) is 60.9 Å². The summed E-state index contributed by atoms with van der Waals surface area (Å²) in [6.45, 7) is 5.80. The molecule has 11 heteroatoms. The molecule has 0 bridgehead atoms. The van der Waals surface area contributed by atoms with Crippen LogP contribution in [0.2, 0.25) is 0 Å². The van der Waals surface area contributed by atoms with Crippen LogP contribution in [-0.4, -0.2) is 41.4 Å². The van der Waals surface area contributed by atoms with Crippen molar-refractivity contribution in [2.24, 2.45) is 10.9 Å². The zero-order chi connectivity index (χ0) is 32.4. The number of fused-ring (bicyclic) bond motifs is 1. The second kappa shape index (κ2) is 13.5. The molecule has 2 aliphatic heterocycles. The number of benzene rings is 3. The molecule has 0 amide bonds. The SMILES string of the molecule is CCOC(=O)C1=C(c2ccccc2)N=c2s/c(=C/c3cc([N+](=O)[O-])ccc3N3CCC(C)CC3)c(=O)n2[C@@H]1c1ccc(SC)cc1. The van der Waals surface area contributed by atoms with Crippen molar-refractivity contribution in [2.75, 3.05) is 30.9 Å². The number of nitro groups is 1. The second-order valence-corrected chi connectivity index (χ2v) is 13.3. The van der Waals surface area contributed by atoms with Gasteiger partial charge in [-0.3, -0.25) is 19.5 Å². The Kier molecular flexibility index (Phi) is 9.23. The van der Waals surface area contributed by atoms with E-state index in [4.69, 9.17) is 9.73 Å². The van der Waals surface area contributed by atoms with Gasteiger partial charge in [0.15, 0.2) is 4.80 Å². The minimum Gasteiger partial charge on any atom is -0.463 e. The Morgan fingerprint density at radius 3 is 2.48 bits per heavy atom. The summed E-state index contributed by atoms with van der Waals surface area (Å²) in [6.07, 6.45) is 5.76. The maximum absolute atomic E-state index is 14.4. The maximum atomic E-state index is 14.4. The fraction of sp³-hybridized carbons (Fsp3) is 0.286. The third-order valence-corrected chi connectivity index (χ3v) is 10.2. The summed E-state index contributed by atoms with van der Waals surface area (Å²) in [5.41, 5.74) is 3.28. The number of rotatable bonds is 8. The Morgan fingerprint density at radius 1 is 1.11 bits per heavy atom. The van der Waals surface area contributed by atoms with Crippen LogP contribution in [0.5, 0.6) is 0 Å². The van der Waals surface area contributed by atoms with E-state index in [1.54, 1.807) is 35.4 Å². The van der Waals surface area contributed by atoms with Gasteiger partial charge in [0.2, 0.25) is 0 Å². The normalized spacial score (nSPS) is 17.1. The number of thioether (sulfide) groups is 1. The topological polar surface area (TPSA) is 107 Å². The molecule has 0 spiro atoms. The summed E-state index contributed by atoms with van der Waals surface area (Å²) in [7, 11) is 0. The van der Waals surface area contributed by atoms with Crippen molar-refractivity contribution in [3.8, 4) is 0 Å². The number of hydrogen-bond donors (Lipinski definition) is 0. The van der Waals surface area contributed by atoms with Gasteiger partial charge >= 0.3 is 5.97 Å². The monoisotopic (exact) mass is 654 g/mol. The van der Waals surface area contributed by atoms with Crippen LogP contribution < -0.4 is 19.8 Å². The predicted molar refractivity (Wildman–Crippen MR) is 183 cm³/mol. The highest BCUT2D eigenvalue weighted by atomic mass is 32.2. The molecule has 1 atom stereocenters. The van der Waals surface area contributed by atoms with Crippen molar-refractivity contribution >= 4 is 52.2 Å². The first kappa shape index (κ1) is 31.5. The number of thiazole rings is 1. The number of esters is 1. The minimum absolute atomic E-state index is 0.0455. The van der Waals surface area contributed by atoms with Crippen molar-refractivity contribution in [3.63, 3.8) is 0 Å². The van der Waals surface area contributed by atoms with Crippen LogP contribution in [0.15, 0.2) is 93.1 Å². The summed E-state index contributed by atoms with van der Waals surface area (Å²) in [5.74, 6) is 0.0671. The molecule has 4 aromatic rings. The molecule has 0 aliphatic carbocycles. The Hall–Kier alpha value is -4.48. The summed E-state index contributed by atoms with van der Waals surface area (Å²) >= 11 is 2.81. The van der Waals surface area contributed by atoms with Gasteiger partial charge in [0, 0.05) is 46.9 Å². The first-order valence-corrected chi connectivity index (χ1v) is 17.3. The molecule has 0 unspecified atom stereocenters. The van der Waals surface area contributed by atoms with Gasteiger partial charge in [-0.1, -0.05) is 60.7 Å². The van der Waals surface area contributed by atoms with E-state index in [2.05, 4.69) is 11.8 Å². The largest absolute Gasteiger partial charge is 0.463 e. The smallest absolute Gasteiger partial charge is 0.338 e. The second-order valence-electron chi connectivity index (χ2n) is 11.4. The van der Waals surface area contributed by atoms with Crippen LogP contribution in [0.25, 0.3) is 11.8 Å². The molecule has 1 aromatic heterocycles. The number of non-ortho nitro benzene ring substituents is 1. The van der Waals surface area contributed by atoms with E-state index >= 15 is 0 Å². The number of anilines is 1. The average molecular weight is 655 g/mol. The highest BCUT2D eigenvalue weighted by molar-refractivity contribution is 7.98. The van der Waals surface area contributed by atoms with Crippen molar-refractivity contribution in [2.45, 2.75) is 37.6 Å². The number of piperidine rings is 1. The molecule has 0 radical (unpaired) electrons. The van der Waals surface area contributed by atoms with Gasteiger partial charge in [-0.2, -0.15) is 0 Å². The molecule has 3 aromatic carbocycles. The average Bonchev–Trinajstić information content (AvgIpc) is 3.38. The standard InChI is InChI=1S/C35H34N4O5S2/c1-4-44-34(41)30-31(23-8-6-5-7-9-23)36-35-38(32(30)24-10-13-27(45-3)14-11-24)33(40)29(46-35)21-25-20-26(39(42)43)12-15-28(25)37-18-16-22(2)17-19-37/h5-15,20-22,32H,4,16-19H2,1-3H3/b29-21+/t32-/m1/s1. The predicted octanol–water partition coefficient (Wildman–Crippen LogP) is 5.80. The molecule has 1 saturated heterocycles. The number of hydrogen-bond acceptors (Lipinski definition) is 9. The van der Waals surface area contributed by atoms with E-state index in [0.29, 0.717) is 26.5 Å². The highest BCUT2D eigenvalue weighted by Gasteiger charge is 2.35. The summed E-state index contributed by atoms with van der Waals surface area (Å²) in [6, 6.07) is 21.2. The lowest BCUT2D eigenvalue weighted by Gasteiger charge is -2.33. The molecule has 9 nitrogen and oxygen atoms in total. The first-order valence-electron chi connectivity index (χ1n) is 15.2. The van der Waals surface area contributed by atoms with Gasteiger partial charge < -0.3 is 9.64 Å². The molecule has 6 rings (SSSR count). The van der Waals surface area contributed by atoms with Crippen LogP contribution in [0, 0.1) is 16.0 Å². The first-order chi connectivity index (χ1) is 22.3. The molecule has 236 valence electrons. The van der Waals surface area contributed by atoms with Crippen LogP contribution in [0.1, 0.15) is 49.4 Å². The van der Waals surface area contributed by atoms with Crippen molar-refractivity contribution < 1.29 is 14.5 Å². The van der Waals surface area contributed by atoms with Crippen LogP contribution in [0.3, 0.4) is 0 Å². The lowest BCUT2D eigenvalue weighted by molar-refractivity contribution is -0.384. The number of nitro benzene ring substituents is 1. The maximum Gasteiger partial charge on any atom is 0.338 e. The van der Waals surface area contributed by atoms with E-state index in [0.717, 1.165) is 47.6 Å². The number of carbonyl (C=O) groups excluding carboxylic acids is 1. The van der Waals surface area contributed by atoms with E-state index in [1.165, 1.54) is 23.5 Å². The zero-order valence-corrected chi connectivity index (χ0v) is 27.5. The lowest BCUT2D eigenvalue weighted by atomic mass is 9.93. The fourth-order valence-corrected chi connectivity index (χ4v) is 7.39. The van der Waals surface area contributed by atoms with E-state index in [-0.39, 0.29) is 23.4 Å². The van der Waals surface area contributed by atoms with Crippen molar-refractivity contribution in [1.82, 2.24) is 4.57 Å². The molecular formula is C35H34N4O5S2. The highest BCUT2D eigenvalue weighted by Crippen LogP contribution is 2.36.